The predicted molar refractivity (Wildman–Crippen MR) is 259 cm³/mol. The topological polar surface area (TPSA) is 289 Å². The van der Waals surface area contributed by atoms with E-state index >= 15 is 4.79 Å². The summed E-state index contributed by atoms with van der Waals surface area (Å²) in [6.07, 6.45) is -7.26. The van der Waals surface area contributed by atoms with Gasteiger partial charge in [-0.25, -0.2) is 0 Å². The minimum absolute atomic E-state index is 0.0212. The molecule has 4 aliphatic heterocycles. The molecule has 0 aromatic carbocycles. The first-order valence-corrected chi connectivity index (χ1v) is 27.3. The number of carbonyl (C=O) groups is 2. The molecule has 0 radical (unpaired) electrons. The van der Waals surface area contributed by atoms with E-state index in [0.717, 1.165) is 64.2 Å². The summed E-state index contributed by atoms with van der Waals surface area (Å²) >= 11 is 0. The summed E-state index contributed by atoms with van der Waals surface area (Å²) in [5.74, 6) is -2.73. The molecule has 9 aliphatic rings. The van der Waals surface area contributed by atoms with Gasteiger partial charge in [-0.2, -0.15) is 0 Å². The fraction of sp³-hybridized carbons (Fsp3) is 0.926. The molecule has 23 atom stereocenters. The average Bonchev–Trinajstić information content (AvgIpc) is 3.32. The van der Waals surface area contributed by atoms with Crippen molar-refractivity contribution in [2.75, 3.05) is 19.8 Å². The van der Waals surface area contributed by atoms with E-state index in [1.165, 1.54) is 5.57 Å². The van der Waals surface area contributed by atoms with Crippen LogP contribution in [0.1, 0.15) is 145 Å². The standard InChI is InChI=1S/C54H88N2O16/c1-27-42(70-46-41(65)37(61)30(58)26-67-46)39(63)40(64)44(68-27)54(45-43(71-54)38(62)36(31(25-57)69-45)56-35(60)12-10-9-11-23-55)72-47(66)53-21-19-48(2,3)24-29(53)28-13-14-33-50(6)17-16-34(59)49(4,5)32(50)15-18-52(33,8)51(28,7)20-22-53/h13,27,29-34,36-46,57-59,61-65H,9-12,14-26,55H2,1-8H3,(H,56,60)/t27-,29?,30?,31+,32+,33?,34+,36?,37?,38?,39?,40?,41?,42?,43?,44-,45-,46+,50?,51-,52+,53?,54?/m1/s1. The van der Waals surface area contributed by atoms with Crippen LogP contribution in [0.3, 0.4) is 0 Å². The third kappa shape index (κ3) is 8.49. The lowest BCUT2D eigenvalue weighted by Gasteiger charge is -2.71. The van der Waals surface area contributed by atoms with Crippen LogP contribution in [0.15, 0.2) is 11.6 Å². The number of nitrogens with two attached hydrogens (primary N) is 1. The molecule has 0 spiro atoms. The van der Waals surface area contributed by atoms with Crippen LogP contribution in [0, 0.1) is 50.2 Å². The van der Waals surface area contributed by atoms with Crippen LogP contribution >= 0.6 is 0 Å². The van der Waals surface area contributed by atoms with Crippen LogP contribution in [-0.4, -0.2) is 170 Å². The molecule has 11 N–H and O–H groups in total. The quantitative estimate of drug-likeness (QED) is 0.0762. The number of aliphatic hydroxyl groups excluding tert-OH is 8. The van der Waals surface area contributed by atoms with Gasteiger partial charge in [0, 0.05) is 6.42 Å². The van der Waals surface area contributed by atoms with Crippen molar-refractivity contribution in [1.29, 1.82) is 0 Å². The first-order valence-electron chi connectivity index (χ1n) is 27.3. The van der Waals surface area contributed by atoms with Gasteiger partial charge in [-0.3, -0.25) is 9.59 Å². The van der Waals surface area contributed by atoms with Crippen LogP contribution < -0.4 is 11.1 Å². The molecule has 4 saturated heterocycles. The van der Waals surface area contributed by atoms with E-state index in [4.69, 9.17) is 34.2 Å². The number of hydrogen-bond acceptors (Lipinski definition) is 17. The molecule has 72 heavy (non-hydrogen) atoms. The van der Waals surface area contributed by atoms with E-state index in [9.17, 15) is 45.6 Å². The van der Waals surface area contributed by atoms with Crippen LogP contribution in [0.5, 0.6) is 0 Å². The maximum atomic E-state index is 16.0. The molecule has 14 unspecified atom stereocenters. The average molecular weight is 1020 g/mol. The number of aliphatic hydroxyl groups is 8. The highest BCUT2D eigenvalue weighted by Crippen LogP contribution is 2.76. The lowest BCUT2D eigenvalue weighted by Crippen LogP contribution is -2.84. The Labute approximate surface area is 425 Å². The molecule has 18 nitrogen and oxygen atoms in total. The number of fused-ring (bicyclic) bond motifs is 8. The van der Waals surface area contributed by atoms with Crippen molar-refractivity contribution in [3.8, 4) is 0 Å². The Kier molecular flexibility index (Phi) is 14.9. The van der Waals surface area contributed by atoms with E-state index in [2.05, 4.69) is 59.9 Å². The number of amides is 1. The Balaban J connectivity index is 1.05. The Morgan fingerprint density at radius 2 is 1.53 bits per heavy atom. The number of carbonyl (C=O) groups excluding carboxylic acids is 2. The van der Waals surface area contributed by atoms with Gasteiger partial charge in [0.15, 0.2) is 18.5 Å². The van der Waals surface area contributed by atoms with Crippen molar-refractivity contribution in [2.24, 2.45) is 56.0 Å². The van der Waals surface area contributed by atoms with Gasteiger partial charge < -0.3 is 80.3 Å². The molecular formula is C54H88N2O16. The van der Waals surface area contributed by atoms with Crippen molar-refractivity contribution in [1.82, 2.24) is 5.32 Å². The van der Waals surface area contributed by atoms with E-state index in [-0.39, 0.29) is 58.0 Å². The van der Waals surface area contributed by atoms with E-state index < -0.39 is 109 Å². The van der Waals surface area contributed by atoms with Crippen molar-refractivity contribution in [3.05, 3.63) is 11.6 Å². The summed E-state index contributed by atoms with van der Waals surface area (Å²) < 4.78 is 38.0. The molecular weight excluding hydrogens is 933 g/mol. The number of allylic oxidation sites excluding steroid dienone is 2. The number of nitrogens with one attached hydrogen (secondary N) is 1. The van der Waals surface area contributed by atoms with Gasteiger partial charge in [0.25, 0.3) is 5.79 Å². The Hall–Kier alpha value is -1.88. The summed E-state index contributed by atoms with van der Waals surface area (Å²) in [5, 5.41) is 92.2. The van der Waals surface area contributed by atoms with Gasteiger partial charge >= 0.3 is 5.97 Å². The second-order valence-electron chi connectivity index (χ2n) is 26.0. The highest BCUT2D eigenvalue weighted by Gasteiger charge is 2.76. The monoisotopic (exact) mass is 1020 g/mol. The van der Waals surface area contributed by atoms with Crippen molar-refractivity contribution in [2.45, 2.75) is 243 Å². The molecule has 0 aromatic heterocycles. The maximum Gasteiger partial charge on any atom is 0.315 e. The second kappa shape index (κ2) is 19.5. The fourth-order valence-corrected chi connectivity index (χ4v) is 16.6. The molecule has 4 saturated carbocycles. The molecule has 0 bridgehead atoms. The smallest absolute Gasteiger partial charge is 0.315 e. The van der Waals surface area contributed by atoms with E-state index in [0.29, 0.717) is 37.6 Å². The highest BCUT2D eigenvalue weighted by molar-refractivity contribution is 5.79. The summed E-state index contributed by atoms with van der Waals surface area (Å²) in [5.41, 5.74) is 5.22. The molecule has 0 aromatic rings. The molecule has 18 heteroatoms. The van der Waals surface area contributed by atoms with Crippen molar-refractivity contribution in [3.63, 3.8) is 0 Å². The molecule has 4 heterocycles. The number of rotatable bonds is 12. The van der Waals surface area contributed by atoms with Crippen LogP contribution in [0.2, 0.25) is 0 Å². The number of esters is 1. The zero-order valence-corrected chi connectivity index (χ0v) is 43.9. The molecule has 8 fully saturated rings. The Morgan fingerprint density at radius 1 is 0.806 bits per heavy atom. The molecule has 1 amide bonds. The Morgan fingerprint density at radius 3 is 2.24 bits per heavy atom. The van der Waals surface area contributed by atoms with Gasteiger partial charge in [0.1, 0.15) is 54.9 Å². The van der Waals surface area contributed by atoms with Crippen LogP contribution in [0.4, 0.5) is 0 Å². The number of ether oxygens (including phenoxy) is 6. The number of unbranched alkanes of at least 4 members (excludes halogenated alkanes) is 2. The fourth-order valence-electron chi connectivity index (χ4n) is 16.6. The zero-order chi connectivity index (χ0) is 52.3. The zero-order valence-electron chi connectivity index (χ0n) is 43.9. The van der Waals surface area contributed by atoms with Crippen LogP contribution in [0.25, 0.3) is 0 Å². The van der Waals surface area contributed by atoms with Gasteiger partial charge in [0.05, 0.1) is 36.9 Å². The molecule has 410 valence electrons. The normalized spacial score (nSPS) is 51.4. The summed E-state index contributed by atoms with van der Waals surface area (Å²) in [6.45, 7) is 17.4. The minimum atomic E-state index is -2.30. The molecule has 5 aliphatic carbocycles. The third-order valence-corrected chi connectivity index (χ3v) is 21.3. The third-order valence-electron chi connectivity index (χ3n) is 21.3. The largest absolute Gasteiger partial charge is 0.427 e. The minimum Gasteiger partial charge on any atom is -0.427 e. The predicted octanol–water partition coefficient (Wildman–Crippen LogP) is 2.25. The van der Waals surface area contributed by atoms with Gasteiger partial charge in [-0.05, 0) is 135 Å². The van der Waals surface area contributed by atoms with Gasteiger partial charge in [-0.15, -0.1) is 0 Å². The van der Waals surface area contributed by atoms with Crippen molar-refractivity contribution >= 4 is 11.9 Å². The maximum absolute atomic E-state index is 16.0. The van der Waals surface area contributed by atoms with E-state index in [1.807, 2.05) is 0 Å². The first-order chi connectivity index (χ1) is 33.8. The second-order valence-corrected chi connectivity index (χ2v) is 26.0. The lowest BCUT2D eigenvalue weighted by atomic mass is 9.33. The first kappa shape index (κ1) is 54.9. The SMILES string of the molecule is C[C@H]1O[C@@H](C2(OC(=O)C34CCC(C)(C)CC3C3=CCC5C6(C)CC[C@H](O)C(C)(C)[C@@H]6CC[C@]5(C)[C@]3(C)CC4)OC3C(O)C(NC(=O)CCCCCN)[C@H](CO)O[C@H]32)C(O)C(O)C1O[C@@H]1OCC(O)C(O)C1O. The summed E-state index contributed by atoms with van der Waals surface area (Å²) in [6, 6.07) is -1.12. The van der Waals surface area contributed by atoms with Gasteiger partial charge in [-0.1, -0.05) is 66.5 Å². The van der Waals surface area contributed by atoms with Gasteiger partial charge in [0.2, 0.25) is 5.91 Å². The highest BCUT2D eigenvalue weighted by atomic mass is 16.8. The molecule has 9 rings (SSSR count). The summed E-state index contributed by atoms with van der Waals surface area (Å²) in [4.78, 5) is 29.1. The lowest BCUT2D eigenvalue weighted by molar-refractivity contribution is -0.471. The van der Waals surface area contributed by atoms with E-state index in [1.54, 1.807) is 6.92 Å². The Bertz CT molecular complexity index is 2040. The summed E-state index contributed by atoms with van der Waals surface area (Å²) in [7, 11) is 0. The van der Waals surface area contributed by atoms with Crippen molar-refractivity contribution < 1.29 is 78.9 Å². The van der Waals surface area contributed by atoms with Crippen LogP contribution in [-0.2, 0) is 38.0 Å². The number of hydrogen-bond donors (Lipinski definition) is 10.